The molecular weight excluding hydrogens is 342 g/mol. The highest BCUT2D eigenvalue weighted by Gasteiger charge is 2.22. The SMILES string of the molecule is CC(C)(C)OC(=O)Nc1c(C(=O)c2ccc(C(C)(C)C)cc2)ccnc1N. The highest BCUT2D eigenvalue weighted by atomic mass is 16.6. The molecule has 1 aromatic heterocycles. The van der Waals surface area contributed by atoms with E-state index >= 15 is 0 Å². The minimum Gasteiger partial charge on any atom is -0.444 e. The number of rotatable bonds is 3. The molecule has 0 saturated heterocycles. The molecule has 144 valence electrons. The Hall–Kier alpha value is -2.89. The van der Waals surface area contributed by atoms with Crippen LogP contribution in [0.2, 0.25) is 0 Å². The van der Waals surface area contributed by atoms with Crippen LogP contribution in [0.5, 0.6) is 0 Å². The fraction of sp³-hybridized carbons (Fsp3) is 0.381. The number of nitrogen functional groups attached to an aromatic ring is 1. The van der Waals surface area contributed by atoms with Crippen LogP contribution in [0.25, 0.3) is 0 Å². The first-order valence-electron chi connectivity index (χ1n) is 8.78. The van der Waals surface area contributed by atoms with Crippen molar-refractivity contribution in [2.24, 2.45) is 0 Å². The van der Waals surface area contributed by atoms with Gasteiger partial charge in [0.25, 0.3) is 0 Å². The van der Waals surface area contributed by atoms with Crippen LogP contribution in [0, 0.1) is 0 Å². The zero-order valence-electron chi connectivity index (χ0n) is 16.7. The van der Waals surface area contributed by atoms with Crippen LogP contribution in [-0.2, 0) is 10.2 Å². The van der Waals surface area contributed by atoms with E-state index in [9.17, 15) is 9.59 Å². The highest BCUT2D eigenvalue weighted by molar-refractivity contribution is 6.14. The third-order valence-electron chi connectivity index (χ3n) is 3.86. The lowest BCUT2D eigenvalue weighted by molar-refractivity contribution is 0.0636. The number of hydrogen-bond acceptors (Lipinski definition) is 5. The largest absolute Gasteiger partial charge is 0.444 e. The first-order valence-corrected chi connectivity index (χ1v) is 8.78. The minimum atomic E-state index is -0.695. The topological polar surface area (TPSA) is 94.3 Å². The second-order valence-electron chi connectivity index (χ2n) is 8.40. The minimum absolute atomic E-state index is 0.00783. The summed E-state index contributed by atoms with van der Waals surface area (Å²) < 4.78 is 5.25. The number of pyridine rings is 1. The molecule has 0 unspecified atom stereocenters. The Labute approximate surface area is 160 Å². The summed E-state index contributed by atoms with van der Waals surface area (Å²) in [6, 6.07) is 8.94. The number of carbonyl (C=O) groups excluding carboxylic acids is 2. The maximum atomic E-state index is 13.0. The van der Waals surface area contributed by atoms with E-state index in [1.165, 1.54) is 12.3 Å². The Morgan fingerprint density at radius 3 is 2.11 bits per heavy atom. The molecule has 0 radical (unpaired) electrons. The molecule has 6 heteroatoms. The molecule has 6 nitrogen and oxygen atoms in total. The van der Waals surface area contributed by atoms with Gasteiger partial charge in [-0.05, 0) is 37.8 Å². The molecule has 0 saturated carbocycles. The number of ether oxygens (including phenoxy) is 1. The smallest absolute Gasteiger partial charge is 0.412 e. The number of nitrogens with two attached hydrogens (primary N) is 1. The van der Waals surface area contributed by atoms with Gasteiger partial charge in [0.1, 0.15) is 11.4 Å². The van der Waals surface area contributed by atoms with Crippen LogP contribution >= 0.6 is 0 Å². The maximum Gasteiger partial charge on any atom is 0.412 e. The lowest BCUT2D eigenvalue weighted by Gasteiger charge is -2.21. The number of ketones is 1. The van der Waals surface area contributed by atoms with E-state index in [0.29, 0.717) is 5.56 Å². The number of anilines is 2. The number of nitrogens with zero attached hydrogens (tertiary/aromatic N) is 1. The van der Waals surface area contributed by atoms with Crippen molar-refractivity contribution < 1.29 is 14.3 Å². The number of aromatic nitrogens is 1. The first-order chi connectivity index (χ1) is 12.4. The van der Waals surface area contributed by atoms with E-state index in [4.69, 9.17) is 10.5 Å². The summed E-state index contributed by atoms with van der Waals surface area (Å²) >= 11 is 0. The van der Waals surface area contributed by atoms with Crippen LogP contribution < -0.4 is 11.1 Å². The molecule has 27 heavy (non-hydrogen) atoms. The fourth-order valence-corrected chi connectivity index (χ4v) is 2.48. The van der Waals surface area contributed by atoms with E-state index < -0.39 is 11.7 Å². The van der Waals surface area contributed by atoms with Crippen molar-refractivity contribution in [3.8, 4) is 0 Å². The predicted octanol–water partition coefficient (Wildman–Crippen LogP) is 4.54. The molecule has 0 spiro atoms. The van der Waals surface area contributed by atoms with Crippen LogP contribution in [0.3, 0.4) is 0 Å². The Morgan fingerprint density at radius 2 is 1.59 bits per heavy atom. The molecule has 0 bridgehead atoms. The Balaban J connectivity index is 2.34. The third-order valence-corrected chi connectivity index (χ3v) is 3.86. The Morgan fingerprint density at radius 1 is 1.00 bits per heavy atom. The first kappa shape index (κ1) is 20.4. The van der Waals surface area contributed by atoms with Crippen LogP contribution in [0.1, 0.15) is 63.0 Å². The lowest BCUT2D eigenvalue weighted by atomic mass is 9.86. The van der Waals surface area contributed by atoms with Crippen molar-refractivity contribution in [3.63, 3.8) is 0 Å². The molecule has 1 aromatic carbocycles. The molecule has 0 aliphatic rings. The van der Waals surface area contributed by atoms with Crippen molar-refractivity contribution in [2.75, 3.05) is 11.1 Å². The van der Waals surface area contributed by atoms with Gasteiger partial charge >= 0.3 is 6.09 Å². The van der Waals surface area contributed by atoms with Crippen molar-refractivity contribution in [1.82, 2.24) is 4.98 Å². The normalized spacial score (nSPS) is 11.8. The summed E-state index contributed by atoms with van der Waals surface area (Å²) in [5.41, 5.74) is 7.25. The van der Waals surface area contributed by atoms with Gasteiger partial charge in [0, 0.05) is 11.8 Å². The number of nitrogens with one attached hydrogen (secondary N) is 1. The van der Waals surface area contributed by atoms with E-state index in [-0.39, 0.29) is 28.3 Å². The maximum absolute atomic E-state index is 13.0. The molecular formula is C21H27N3O3. The summed E-state index contributed by atoms with van der Waals surface area (Å²) in [5.74, 6) is -0.200. The van der Waals surface area contributed by atoms with Gasteiger partial charge in [0.15, 0.2) is 5.78 Å². The van der Waals surface area contributed by atoms with Crippen molar-refractivity contribution >= 4 is 23.4 Å². The molecule has 2 rings (SSSR count). The summed E-state index contributed by atoms with van der Waals surface area (Å²) in [6.45, 7) is 11.6. The molecule has 3 N–H and O–H groups in total. The van der Waals surface area contributed by atoms with Gasteiger partial charge in [-0.2, -0.15) is 0 Å². The number of hydrogen-bond donors (Lipinski definition) is 2. The van der Waals surface area contributed by atoms with Gasteiger partial charge in [-0.3, -0.25) is 10.1 Å². The monoisotopic (exact) mass is 369 g/mol. The average molecular weight is 369 g/mol. The molecule has 0 aliphatic heterocycles. The second kappa shape index (κ2) is 7.39. The zero-order chi connectivity index (χ0) is 20.4. The van der Waals surface area contributed by atoms with Crippen molar-refractivity contribution in [2.45, 2.75) is 52.6 Å². The molecule has 0 atom stereocenters. The van der Waals surface area contributed by atoms with E-state index in [0.717, 1.165) is 5.56 Å². The van der Waals surface area contributed by atoms with Gasteiger partial charge in [0.05, 0.1) is 11.3 Å². The molecule has 0 fully saturated rings. The van der Waals surface area contributed by atoms with Gasteiger partial charge in [-0.1, -0.05) is 45.0 Å². The summed E-state index contributed by atoms with van der Waals surface area (Å²) in [4.78, 5) is 29.1. The quantitative estimate of drug-likeness (QED) is 0.775. The summed E-state index contributed by atoms with van der Waals surface area (Å²) in [6.07, 6.45) is 0.742. The average Bonchev–Trinajstić information content (AvgIpc) is 2.53. The molecule has 1 heterocycles. The Kier molecular flexibility index (Phi) is 5.59. The molecule has 2 aromatic rings. The van der Waals surface area contributed by atoms with E-state index in [1.807, 2.05) is 12.1 Å². The van der Waals surface area contributed by atoms with Crippen LogP contribution in [0.4, 0.5) is 16.3 Å². The van der Waals surface area contributed by atoms with E-state index in [1.54, 1.807) is 32.9 Å². The van der Waals surface area contributed by atoms with Crippen molar-refractivity contribution in [3.05, 3.63) is 53.2 Å². The van der Waals surface area contributed by atoms with E-state index in [2.05, 4.69) is 31.1 Å². The molecule has 0 aliphatic carbocycles. The standard InChI is InChI=1S/C21H27N3O3/c1-20(2,3)14-9-7-13(8-10-14)17(25)15-11-12-23-18(22)16(15)24-19(26)27-21(4,5)6/h7-12H,1-6H3,(H2,22,23)(H,24,26). The van der Waals surface area contributed by atoms with Crippen LogP contribution in [-0.4, -0.2) is 22.5 Å². The summed E-state index contributed by atoms with van der Waals surface area (Å²) in [7, 11) is 0. The lowest BCUT2D eigenvalue weighted by Crippen LogP contribution is -2.28. The predicted molar refractivity (Wildman–Crippen MR) is 107 cm³/mol. The Bertz CT molecular complexity index is 844. The molecule has 1 amide bonds. The second-order valence-corrected chi connectivity index (χ2v) is 8.40. The van der Waals surface area contributed by atoms with Crippen molar-refractivity contribution in [1.29, 1.82) is 0 Å². The number of benzene rings is 1. The fourth-order valence-electron chi connectivity index (χ4n) is 2.48. The number of amides is 1. The van der Waals surface area contributed by atoms with Gasteiger partial charge in [-0.15, -0.1) is 0 Å². The van der Waals surface area contributed by atoms with Gasteiger partial charge in [-0.25, -0.2) is 9.78 Å². The third kappa shape index (κ3) is 5.29. The van der Waals surface area contributed by atoms with Crippen LogP contribution in [0.15, 0.2) is 36.5 Å². The van der Waals surface area contributed by atoms with Gasteiger partial charge in [0.2, 0.25) is 0 Å². The van der Waals surface area contributed by atoms with Gasteiger partial charge < -0.3 is 10.5 Å². The number of carbonyl (C=O) groups is 2. The highest BCUT2D eigenvalue weighted by Crippen LogP contribution is 2.27. The zero-order valence-corrected chi connectivity index (χ0v) is 16.7. The summed E-state index contributed by atoms with van der Waals surface area (Å²) in [5, 5.41) is 2.55.